The minimum atomic E-state index is -0.777. The Labute approximate surface area is 155 Å². The first-order chi connectivity index (χ1) is 12.9. The second kappa shape index (κ2) is 7.94. The highest BCUT2D eigenvalue weighted by molar-refractivity contribution is 5.53. The van der Waals surface area contributed by atoms with Crippen LogP contribution in [0.15, 0.2) is 64.3 Å². The summed E-state index contributed by atoms with van der Waals surface area (Å²) in [6, 6.07) is 4.72. The number of hydrogen-bond acceptors (Lipinski definition) is 6. The van der Waals surface area contributed by atoms with E-state index in [-0.39, 0.29) is 17.1 Å². The summed E-state index contributed by atoms with van der Waals surface area (Å²) in [6.45, 7) is 3.87. The Morgan fingerprint density at radius 2 is 2.07 bits per heavy atom. The molecule has 8 heteroatoms. The van der Waals surface area contributed by atoms with Gasteiger partial charge in [-0.1, -0.05) is 0 Å². The molecule has 1 aromatic carbocycles. The van der Waals surface area contributed by atoms with E-state index >= 15 is 0 Å². The van der Waals surface area contributed by atoms with Crippen LogP contribution in [-0.2, 0) is 4.74 Å². The van der Waals surface area contributed by atoms with Crippen molar-refractivity contribution in [3.63, 3.8) is 0 Å². The van der Waals surface area contributed by atoms with E-state index in [1.807, 2.05) is 6.92 Å². The lowest BCUT2D eigenvalue weighted by molar-refractivity contribution is 0.221. The lowest BCUT2D eigenvalue weighted by Gasteiger charge is -2.17. The molecule has 3 rings (SSSR count). The Morgan fingerprint density at radius 3 is 2.85 bits per heavy atom. The van der Waals surface area contributed by atoms with Crippen LogP contribution < -0.4 is 10.5 Å². The van der Waals surface area contributed by atoms with Gasteiger partial charge in [-0.25, -0.2) is 13.8 Å². The Balaban J connectivity index is 1.80. The number of nitrogens with zero attached hydrogens (tertiary/aromatic N) is 3. The summed E-state index contributed by atoms with van der Waals surface area (Å²) in [7, 11) is 0. The molecule has 0 saturated carbocycles. The second-order valence-electron chi connectivity index (χ2n) is 5.93. The van der Waals surface area contributed by atoms with Crippen molar-refractivity contribution in [3.8, 4) is 5.75 Å². The van der Waals surface area contributed by atoms with Crippen LogP contribution in [-0.4, -0.2) is 11.6 Å². The summed E-state index contributed by atoms with van der Waals surface area (Å²) in [4.78, 5) is 4.02. The van der Waals surface area contributed by atoms with E-state index in [4.69, 9.17) is 15.2 Å². The Bertz CT molecular complexity index is 941. The van der Waals surface area contributed by atoms with Crippen molar-refractivity contribution in [1.82, 2.24) is 4.98 Å². The quantitative estimate of drug-likeness (QED) is 0.750. The first-order valence-electron chi connectivity index (χ1n) is 8.22. The molecule has 1 unspecified atom stereocenters. The van der Waals surface area contributed by atoms with Gasteiger partial charge in [0.25, 0.3) is 0 Å². The lowest BCUT2D eigenvalue weighted by atomic mass is 10.1. The Morgan fingerprint density at radius 1 is 1.26 bits per heavy atom. The second-order valence-corrected chi connectivity index (χ2v) is 5.93. The van der Waals surface area contributed by atoms with Gasteiger partial charge in [0.1, 0.15) is 30.0 Å². The number of ether oxygens (including phenoxy) is 2. The van der Waals surface area contributed by atoms with Crippen LogP contribution in [0.4, 0.5) is 20.3 Å². The normalized spacial score (nSPS) is 15.1. The monoisotopic (exact) mass is 372 g/mol. The number of pyridine rings is 1. The first-order valence-corrected chi connectivity index (χ1v) is 8.22. The van der Waals surface area contributed by atoms with Crippen molar-refractivity contribution in [2.45, 2.75) is 20.0 Å². The molecule has 27 heavy (non-hydrogen) atoms. The first kappa shape index (κ1) is 18.5. The molecular weight excluding hydrogens is 354 g/mol. The maximum absolute atomic E-state index is 13.9. The van der Waals surface area contributed by atoms with Crippen LogP contribution in [0.25, 0.3) is 0 Å². The van der Waals surface area contributed by atoms with Crippen molar-refractivity contribution in [2.24, 2.45) is 10.2 Å². The van der Waals surface area contributed by atoms with Gasteiger partial charge in [0.05, 0.1) is 18.2 Å². The molecule has 1 atom stereocenters. The molecule has 0 fully saturated rings. The van der Waals surface area contributed by atoms with Crippen molar-refractivity contribution in [1.29, 1.82) is 0 Å². The highest BCUT2D eigenvalue weighted by Crippen LogP contribution is 2.31. The van der Waals surface area contributed by atoms with Gasteiger partial charge in [-0.3, -0.25) is 0 Å². The zero-order valence-electron chi connectivity index (χ0n) is 14.8. The smallest absolute Gasteiger partial charge is 0.166 e. The van der Waals surface area contributed by atoms with E-state index in [0.29, 0.717) is 18.0 Å². The van der Waals surface area contributed by atoms with E-state index in [1.165, 1.54) is 6.20 Å². The van der Waals surface area contributed by atoms with Crippen molar-refractivity contribution in [2.75, 3.05) is 12.3 Å². The van der Waals surface area contributed by atoms with Crippen LogP contribution in [0, 0.1) is 11.6 Å². The van der Waals surface area contributed by atoms with Crippen LogP contribution in [0.3, 0.4) is 0 Å². The summed E-state index contributed by atoms with van der Waals surface area (Å²) in [5, 5.41) is 8.28. The summed E-state index contributed by atoms with van der Waals surface area (Å²) < 4.78 is 38.1. The summed E-state index contributed by atoms with van der Waals surface area (Å²) >= 11 is 0. The Hall–Kier alpha value is -3.29. The molecular formula is C19H18F2N4O2. The SMILES string of the molecule is CC1=COCC=C1N=Nc1cnc(N)c(OC(C)c2cc(F)ccc2F)c1. The number of anilines is 1. The summed E-state index contributed by atoms with van der Waals surface area (Å²) in [5.74, 6) is -0.807. The van der Waals surface area contributed by atoms with Gasteiger partial charge in [0, 0.05) is 17.2 Å². The number of aromatic nitrogens is 1. The molecule has 2 heterocycles. The molecule has 0 radical (unpaired) electrons. The van der Waals surface area contributed by atoms with E-state index in [9.17, 15) is 8.78 Å². The predicted molar refractivity (Wildman–Crippen MR) is 96.4 cm³/mol. The number of halogens is 2. The average Bonchev–Trinajstić information content (AvgIpc) is 2.65. The fourth-order valence-electron chi connectivity index (χ4n) is 2.43. The average molecular weight is 372 g/mol. The number of hydrogen-bond donors (Lipinski definition) is 1. The summed E-state index contributed by atoms with van der Waals surface area (Å²) in [6.07, 6.45) is 4.08. The standard InChI is InChI=1S/C19H18F2N4O2/c1-11-10-26-6-5-17(11)25-24-14-8-18(19(22)23-9-14)27-12(2)15-7-13(20)3-4-16(15)21/h3-5,7-10,12H,6H2,1-2H3,(H2,22,23). The number of nitrogen functional groups attached to an aromatic ring is 1. The third kappa shape index (κ3) is 4.46. The van der Waals surface area contributed by atoms with Crippen LogP contribution >= 0.6 is 0 Å². The predicted octanol–water partition coefficient (Wildman–Crippen LogP) is 4.98. The summed E-state index contributed by atoms with van der Waals surface area (Å²) in [5.41, 5.74) is 7.86. The number of rotatable bonds is 5. The minimum absolute atomic E-state index is 0.0783. The third-order valence-electron chi connectivity index (χ3n) is 3.88. The minimum Gasteiger partial charge on any atom is -0.497 e. The zero-order valence-corrected chi connectivity index (χ0v) is 14.8. The maximum Gasteiger partial charge on any atom is 0.166 e. The van der Waals surface area contributed by atoms with Gasteiger partial charge < -0.3 is 15.2 Å². The number of azo groups is 1. The molecule has 140 valence electrons. The molecule has 0 aliphatic carbocycles. The van der Waals surface area contributed by atoms with Crippen LogP contribution in [0.1, 0.15) is 25.5 Å². The van der Waals surface area contributed by atoms with E-state index < -0.39 is 17.7 Å². The largest absolute Gasteiger partial charge is 0.497 e. The highest BCUT2D eigenvalue weighted by atomic mass is 19.1. The van der Waals surface area contributed by atoms with E-state index in [0.717, 1.165) is 23.8 Å². The van der Waals surface area contributed by atoms with E-state index in [1.54, 1.807) is 25.3 Å². The number of benzene rings is 1. The topological polar surface area (TPSA) is 82.1 Å². The van der Waals surface area contributed by atoms with Gasteiger partial charge in [0.2, 0.25) is 0 Å². The Kier molecular flexibility index (Phi) is 5.44. The molecule has 6 nitrogen and oxygen atoms in total. The molecule has 0 amide bonds. The molecule has 0 spiro atoms. The van der Waals surface area contributed by atoms with Crippen molar-refractivity contribution in [3.05, 3.63) is 71.3 Å². The molecule has 2 N–H and O–H groups in total. The van der Waals surface area contributed by atoms with Gasteiger partial charge in [-0.05, 0) is 38.1 Å². The van der Waals surface area contributed by atoms with Crippen molar-refractivity contribution >= 4 is 11.5 Å². The van der Waals surface area contributed by atoms with Gasteiger partial charge in [-0.2, -0.15) is 5.11 Å². The lowest BCUT2D eigenvalue weighted by Crippen LogP contribution is -2.08. The van der Waals surface area contributed by atoms with Crippen LogP contribution in [0.2, 0.25) is 0 Å². The highest BCUT2D eigenvalue weighted by Gasteiger charge is 2.16. The molecule has 0 bridgehead atoms. The van der Waals surface area contributed by atoms with Gasteiger partial charge >= 0.3 is 0 Å². The molecule has 1 aliphatic heterocycles. The van der Waals surface area contributed by atoms with E-state index in [2.05, 4.69) is 15.2 Å². The number of allylic oxidation sites excluding steroid dienone is 1. The van der Waals surface area contributed by atoms with Gasteiger partial charge in [-0.15, -0.1) is 5.11 Å². The third-order valence-corrected chi connectivity index (χ3v) is 3.88. The van der Waals surface area contributed by atoms with Crippen molar-refractivity contribution < 1.29 is 18.3 Å². The fraction of sp³-hybridized carbons (Fsp3) is 0.211. The molecule has 2 aromatic rings. The zero-order chi connectivity index (χ0) is 19.4. The number of nitrogens with two attached hydrogens (primary N) is 1. The maximum atomic E-state index is 13.9. The molecule has 1 aromatic heterocycles. The van der Waals surface area contributed by atoms with Crippen LogP contribution in [0.5, 0.6) is 5.75 Å². The fourth-order valence-corrected chi connectivity index (χ4v) is 2.43. The molecule has 1 aliphatic rings. The van der Waals surface area contributed by atoms with Gasteiger partial charge in [0.15, 0.2) is 11.6 Å². The molecule has 0 saturated heterocycles.